The Bertz CT molecular complexity index is 1930. The number of nitrogens with zero attached hydrogens (tertiary/aromatic N) is 4. The van der Waals surface area contributed by atoms with Crippen molar-refractivity contribution in [2.24, 2.45) is 9.98 Å². The Labute approximate surface area is 271 Å². The summed E-state index contributed by atoms with van der Waals surface area (Å²) >= 11 is 6.54. The molecule has 1 aliphatic rings. The number of benzodiazepines with no additional fused rings is 1. The van der Waals surface area contributed by atoms with Crippen LogP contribution in [0.1, 0.15) is 31.9 Å². The van der Waals surface area contributed by atoms with E-state index in [-0.39, 0.29) is 10.4 Å². The minimum absolute atomic E-state index is 0.112. The van der Waals surface area contributed by atoms with Crippen LogP contribution in [-0.2, 0) is 24.3 Å². The van der Waals surface area contributed by atoms with Crippen LogP contribution in [-0.4, -0.2) is 52.8 Å². The molecule has 1 aliphatic heterocycles. The molecular formula is C31H27Br2N5O5S. The normalized spacial score (nSPS) is 15.3. The van der Waals surface area contributed by atoms with Gasteiger partial charge < -0.3 is 4.74 Å². The number of halogens is 2. The van der Waals surface area contributed by atoms with Gasteiger partial charge in [0.1, 0.15) is 20.6 Å². The van der Waals surface area contributed by atoms with Crippen molar-refractivity contribution in [3.05, 3.63) is 96.2 Å². The Morgan fingerprint density at radius 1 is 1.02 bits per heavy atom. The van der Waals surface area contributed by atoms with Gasteiger partial charge in [-0.05, 0) is 83.0 Å². The molecule has 1 aromatic heterocycles. The fourth-order valence-electron chi connectivity index (χ4n) is 4.73. The van der Waals surface area contributed by atoms with E-state index in [2.05, 4.69) is 46.6 Å². The maximum absolute atomic E-state index is 14.2. The number of benzene rings is 3. The number of hydrogen-bond acceptors (Lipinski definition) is 8. The van der Waals surface area contributed by atoms with Crippen LogP contribution in [0.3, 0.4) is 0 Å². The number of esters is 1. The van der Waals surface area contributed by atoms with Gasteiger partial charge in [0.25, 0.3) is 5.91 Å². The fraction of sp³-hybridized carbons (Fsp3) is 0.194. The number of nitrogens with one attached hydrogen (secondary N) is 1. The summed E-state index contributed by atoms with van der Waals surface area (Å²) in [5, 5.41) is 0.612. The zero-order valence-corrected chi connectivity index (χ0v) is 27.9. The smallest absolute Gasteiger partial charge is 0.326 e. The number of carbonyl (C=O) groups is 2. The maximum Gasteiger partial charge on any atom is 0.326 e. The van der Waals surface area contributed by atoms with Crippen LogP contribution in [0.25, 0.3) is 10.9 Å². The summed E-state index contributed by atoms with van der Waals surface area (Å²) in [6.07, 6.45) is -0.146. The lowest BCUT2D eigenvalue weighted by molar-refractivity contribution is -0.153. The Morgan fingerprint density at radius 2 is 1.75 bits per heavy atom. The van der Waals surface area contributed by atoms with E-state index in [0.717, 1.165) is 0 Å². The number of pyridine rings is 1. The highest BCUT2D eigenvalue weighted by Gasteiger charge is 2.37. The first-order chi connectivity index (χ1) is 20.8. The predicted molar refractivity (Wildman–Crippen MR) is 178 cm³/mol. The van der Waals surface area contributed by atoms with Crippen molar-refractivity contribution in [2.75, 3.05) is 11.4 Å². The molecule has 4 aromatic rings. The summed E-state index contributed by atoms with van der Waals surface area (Å²) < 4.78 is 36.2. The summed E-state index contributed by atoms with van der Waals surface area (Å²) in [6, 6.07) is 22.2. The third-order valence-electron chi connectivity index (χ3n) is 6.40. The molecule has 0 aliphatic carbocycles. The third kappa shape index (κ3) is 7.12. The van der Waals surface area contributed by atoms with E-state index < -0.39 is 40.2 Å². The Balaban J connectivity index is 1.67. The van der Waals surface area contributed by atoms with Gasteiger partial charge in [-0.3, -0.25) is 24.5 Å². The molecule has 3 aromatic carbocycles. The molecule has 0 saturated heterocycles. The minimum atomic E-state index is -4.35. The first-order valence-electron chi connectivity index (χ1n) is 13.4. The number of anilines is 1. The second kappa shape index (κ2) is 12.7. The van der Waals surface area contributed by atoms with Crippen molar-refractivity contribution in [1.82, 2.24) is 9.71 Å². The van der Waals surface area contributed by atoms with E-state index in [9.17, 15) is 18.0 Å². The Kier molecular flexibility index (Phi) is 9.12. The standard InChI is InChI=1S/C31H27Br2N5O5S/c1-31(2,3)43-25(39)18-38-23-14-5-4-13-22(23)26(20-10-6-12-21(17-20)35-30(32)33)36-28(29(38)40)37-44(41,42)24-15-7-9-19-11-8-16-34-27(19)24/h4-17,28,37H,18H2,1-3H3. The van der Waals surface area contributed by atoms with Gasteiger partial charge in [0, 0.05) is 22.7 Å². The highest BCUT2D eigenvalue weighted by Crippen LogP contribution is 2.31. The van der Waals surface area contributed by atoms with Crippen LogP contribution in [0.15, 0.2) is 99.9 Å². The van der Waals surface area contributed by atoms with Crippen molar-refractivity contribution in [3.8, 4) is 0 Å². The molecule has 0 spiro atoms. The Hall–Kier alpha value is -3.78. The van der Waals surface area contributed by atoms with Gasteiger partial charge in [-0.15, -0.1) is 0 Å². The molecule has 5 rings (SSSR count). The topological polar surface area (TPSA) is 130 Å². The lowest BCUT2D eigenvalue weighted by Gasteiger charge is -2.27. The van der Waals surface area contributed by atoms with E-state index in [0.29, 0.717) is 37.1 Å². The van der Waals surface area contributed by atoms with E-state index in [4.69, 9.17) is 9.73 Å². The van der Waals surface area contributed by atoms with Crippen molar-refractivity contribution >= 4 is 85.3 Å². The van der Waals surface area contributed by atoms with E-state index in [1.54, 1.807) is 93.6 Å². The number of hydrogen-bond donors (Lipinski definition) is 1. The van der Waals surface area contributed by atoms with Gasteiger partial charge in [0.2, 0.25) is 10.0 Å². The van der Waals surface area contributed by atoms with Gasteiger partial charge in [-0.1, -0.05) is 48.5 Å². The molecule has 1 amide bonds. The van der Waals surface area contributed by atoms with E-state index in [1.165, 1.54) is 17.2 Å². The molecule has 1 atom stereocenters. The molecule has 1 unspecified atom stereocenters. The molecule has 0 radical (unpaired) electrons. The van der Waals surface area contributed by atoms with Gasteiger partial charge >= 0.3 is 5.97 Å². The first-order valence-corrected chi connectivity index (χ1v) is 16.5. The second-order valence-electron chi connectivity index (χ2n) is 10.8. The third-order valence-corrected chi connectivity index (χ3v) is 8.20. The first kappa shape index (κ1) is 31.6. The van der Waals surface area contributed by atoms with Crippen LogP contribution in [0.4, 0.5) is 11.4 Å². The van der Waals surface area contributed by atoms with Crippen molar-refractivity contribution in [1.29, 1.82) is 0 Å². The van der Waals surface area contributed by atoms with Gasteiger partial charge in [-0.25, -0.2) is 13.4 Å². The zero-order valence-electron chi connectivity index (χ0n) is 23.9. The van der Waals surface area contributed by atoms with Crippen LogP contribution >= 0.6 is 31.9 Å². The molecule has 1 N–H and O–H groups in total. The number of amides is 1. The number of aromatic nitrogens is 1. The number of sulfonamides is 1. The molecule has 10 nitrogen and oxygen atoms in total. The van der Waals surface area contributed by atoms with E-state index >= 15 is 0 Å². The number of para-hydroxylation sites is 2. The summed E-state index contributed by atoms with van der Waals surface area (Å²) in [6.45, 7) is 4.70. The average Bonchev–Trinajstić information content (AvgIpc) is 3.06. The highest BCUT2D eigenvalue weighted by atomic mass is 79.9. The number of rotatable bonds is 7. The van der Waals surface area contributed by atoms with Gasteiger partial charge in [0.15, 0.2) is 6.17 Å². The molecule has 44 heavy (non-hydrogen) atoms. The van der Waals surface area contributed by atoms with Crippen LogP contribution in [0.2, 0.25) is 0 Å². The van der Waals surface area contributed by atoms with Crippen LogP contribution in [0, 0.1) is 0 Å². The molecule has 0 saturated carbocycles. The molecule has 0 fully saturated rings. The van der Waals surface area contributed by atoms with E-state index in [1.807, 2.05) is 0 Å². The number of fused-ring (bicyclic) bond motifs is 2. The van der Waals surface area contributed by atoms with Crippen molar-refractivity contribution in [2.45, 2.75) is 37.4 Å². The zero-order chi connectivity index (χ0) is 31.6. The van der Waals surface area contributed by atoms with Crippen LogP contribution < -0.4 is 9.62 Å². The summed E-state index contributed by atoms with van der Waals surface area (Å²) in [4.78, 5) is 41.7. The molecular weight excluding hydrogens is 714 g/mol. The lowest BCUT2D eigenvalue weighted by atomic mass is 9.99. The molecule has 226 valence electrons. The molecule has 0 bridgehead atoms. The van der Waals surface area contributed by atoms with Crippen LogP contribution in [0.5, 0.6) is 0 Å². The fourth-order valence-corrected chi connectivity index (χ4v) is 6.39. The maximum atomic E-state index is 14.2. The largest absolute Gasteiger partial charge is 0.459 e. The quantitative estimate of drug-likeness (QED) is 0.187. The minimum Gasteiger partial charge on any atom is -0.459 e. The molecule has 13 heteroatoms. The number of aliphatic imine (C=N–C) groups is 2. The monoisotopic (exact) mass is 739 g/mol. The van der Waals surface area contributed by atoms with Crippen molar-refractivity contribution in [3.63, 3.8) is 0 Å². The SMILES string of the molecule is CC(C)(C)OC(=O)CN1C(=O)C(NS(=O)(=O)c2cccc3cccnc23)N=C(c2cccc(N=C(Br)Br)c2)c2ccccc21. The summed E-state index contributed by atoms with van der Waals surface area (Å²) in [5.41, 5.74) is 1.79. The van der Waals surface area contributed by atoms with Gasteiger partial charge in [-0.2, -0.15) is 4.72 Å². The average molecular weight is 741 g/mol. The highest BCUT2D eigenvalue weighted by molar-refractivity contribution is 9.39. The van der Waals surface area contributed by atoms with Crippen molar-refractivity contribution < 1.29 is 22.7 Å². The second-order valence-corrected chi connectivity index (χ2v) is 15.0. The van der Waals surface area contributed by atoms with Gasteiger partial charge in [0.05, 0.1) is 22.6 Å². The predicted octanol–water partition coefficient (Wildman–Crippen LogP) is 5.84. The number of ether oxygens (including phenoxy) is 1. The summed E-state index contributed by atoms with van der Waals surface area (Å²) in [5.74, 6) is -1.42. The lowest BCUT2D eigenvalue weighted by Crippen LogP contribution is -2.49. The number of carbonyl (C=O) groups excluding carboxylic acids is 2. The molecule has 2 heterocycles. The summed E-state index contributed by atoms with van der Waals surface area (Å²) in [7, 11) is -4.35. The Morgan fingerprint density at radius 3 is 2.50 bits per heavy atom.